The molecule has 0 radical (unpaired) electrons. The lowest BCUT2D eigenvalue weighted by atomic mass is 10.1. The average molecular weight is 250 g/mol. The van der Waals surface area contributed by atoms with Crippen molar-refractivity contribution in [3.63, 3.8) is 0 Å². The topological polar surface area (TPSA) is 44.8 Å². The zero-order valence-electron chi connectivity index (χ0n) is 10.5. The number of ether oxygens (including phenoxy) is 3. The molecule has 1 aliphatic heterocycles. The summed E-state index contributed by atoms with van der Waals surface area (Å²) in [6.45, 7) is 2.95. The molecular weight excluding hydrogens is 232 g/mol. The van der Waals surface area contributed by atoms with E-state index in [0.717, 1.165) is 18.4 Å². The van der Waals surface area contributed by atoms with Gasteiger partial charge in [0, 0.05) is 0 Å². The number of benzene rings is 1. The minimum absolute atomic E-state index is 0.168. The summed E-state index contributed by atoms with van der Waals surface area (Å²) >= 11 is 0. The molecule has 2 atom stereocenters. The van der Waals surface area contributed by atoms with Gasteiger partial charge in [-0.25, -0.2) is 4.79 Å². The first-order chi connectivity index (χ1) is 8.79. The van der Waals surface area contributed by atoms with Crippen LogP contribution in [0.4, 0.5) is 4.79 Å². The molecule has 0 unspecified atom stereocenters. The molecule has 0 aromatic heterocycles. The fraction of sp³-hybridized carbons (Fsp3) is 0.500. The van der Waals surface area contributed by atoms with Crippen LogP contribution in [0.1, 0.15) is 25.3 Å². The summed E-state index contributed by atoms with van der Waals surface area (Å²) in [6, 6.07) is 9.91. The van der Waals surface area contributed by atoms with Crippen LogP contribution >= 0.6 is 0 Å². The van der Waals surface area contributed by atoms with Crippen LogP contribution in [0.5, 0.6) is 0 Å². The Kier molecular flexibility index (Phi) is 4.59. The summed E-state index contributed by atoms with van der Waals surface area (Å²) < 4.78 is 15.7. The van der Waals surface area contributed by atoms with Gasteiger partial charge in [-0.15, -0.1) is 0 Å². The van der Waals surface area contributed by atoms with E-state index in [4.69, 9.17) is 14.2 Å². The molecule has 1 aromatic rings. The highest BCUT2D eigenvalue weighted by molar-refractivity contribution is 5.62. The molecule has 98 valence electrons. The zero-order chi connectivity index (χ0) is 12.8. The van der Waals surface area contributed by atoms with E-state index in [1.165, 1.54) is 0 Å². The third-order valence-electron chi connectivity index (χ3n) is 2.88. The smallest absolute Gasteiger partial charge is 0.427 e. The van der Waals surface area contributed by atoms with Crippen molar-refractivity contribution in [2.24, 2.45) is 0 Å². The van der Waals surface area contributed by atoms with Gasteiger partial charge in [0.15, 0.2) is 6.10 Å². The van der Waals surface area contributed by atoms with Crippen molar-refractivity contribution in [1.82, 2.24) is 0 Å². The minimum atomic E-state index is -0.582. The number of carbonyl (C=O) groups excluding carboxylic acids is 1. The number of hydrogen-bond donors (Lipinski definition) is 0. The molecule has 0 saturated carbocycles. The molecule has 0 amide bonds. The molecule has 0 spiro atoms. The van der Waals surface area contributed by atoms with Gasteiger partial charge in [-0.05, 0) is 12.0 Å². The largest absolute Gasteiger partial charge is 0.509 e. The van der Waals surface area contributed by atoms with Crippen LogP contribution in [0.15, 0.2) is 30.3 Å². The first-order valence-electron chi connectivity index (χ1n) is 6.28. The van der Waals surface area contributed by atoms with Crippen molar-refractivity contribution >= 4 is 6.16 Å². The lowest BCUT2D eigenvalue weighted by Gasteiger charge is -2.14. The number of hydrogen-bond acceptors (Lipinski definition) is 4. The van der Waals surface area contributed by atoms with Crippen molar-refractivity contribution in [1.29, 1.82) is 0 Å². The maximum Gasteiger partial charge on any atom is 0.509 e. The molecule has 18 heavy (non-hydrogen) atoms. The van der Waals surface area contributed by atoms with E-state index in [0.29, 0.717) is 13.2 Å². The Morgan fingerprint density at radius 2 is 1.89 bits per heavy atom. The Balaban J connectivity index is 1.77. The van der Waals surface area contributed by atoms with Gasteiger partial charge < -0.3 is 14.2 Å². The average Bonchev–Trinajstić information content (AvgIpc) is 2.72. The second-order valence-corrected chi connectivity index (χ2v) is 4.35. The molecule has 0 aliphatic carbocycles. The molecule has 1 fully saturated rings. The van der Waals surface area contributed by atoms with Crippen molar-refractivity contribution in [3.05, 3.63) is 35.9 Å². The van der Waals surface area contributed by atoms with Gasteiger partial charge in [-0.2, -0.15) is 0 Å². The molecular formula is C14H18O4. The van der Waals surface area contributed by atoms with E-state index >= 15 is 0 Å². The third-order valence-corrected chi connectivity index (χ3v) is 2.88. The van der Waals surface area contributed by atoms with Gasteiger partial charge in [0.1, 0.15) is 6.10 Å². The Labute approximate surface area is 107 Å². The number of rotatable bonds is 6. The van der Waals surface area contributed by atoms with Crippen molar-refractivity contribution in [3.8, 4) is 0 Å². The highest BCUT2D eigenvalue weighted by atomic mass is 16.8. The van der Waals surface area contributed by atoms with E-state index in [2.05, 4.69) is 0 Å². The van der Waals surface area contributed by atoms with E-state index in [-0.39, 0.29) is 12.2 Å². The molecule has 0 bridgehead atoms. The van der Waals surface area contributed by atoms with E-state index < -0.39 is 6.16 Å². The lowest BCUT2D eigenvalue weighted by Crippen LogP contribution is -2.27. The minimum Gasteiger partial charge on any atom is -0.427 e. The molecule has 0 N–H and O–H groups in total. The third kappa shape index (κ3) is 3.47. The molecule has 1 heterocycles. The SMILES string of the molecule is CCC[C@@H]1OC(=O)O[C@@H]1COCc1ccccc1. The summed E-state index contributed by atoms with van der Waals surface area (Å²) in [5, 5.41) is 0. The predicted molar refractivity (Wildman–Crippen MR) is 66.1 cm³/mol. The Morgan fingerprint density at radius 3 is 2.61 bits per heavy atom. The highest BCUT2D eigenvalue weighted by Gasteiger charge is 2.35. The van der Waals surface area contributed by atoms with Crippen LogP contribution in [0.2, 0.25) is 0 Å². The Hall–Kier alpha value is -1.55. The molecule has 4 heteroatoms. The summed E-state index contributed by atoms with van der Waals surface area (Å²) in [5.74, 6) is 0. The first kappa shape index (κ1) is 12.9. The van der Waals surface area contributed by atoms with Crippen LogP contribution in [-0.2, 0) is 20.8 Å². The van der Waals surface area contributed by atoms with E-state index in [1.807, 2.05) is 37.3 Å². The quantitative estimate of drug-likeness (QED) is 0.728. The Morgan fingerprint density at radius 1 is 1.17 bits per heavy atom. The molecule has 1 aromatic carbocycles. The van der Waals surface area contributed by atoms with Crippen molar-refractivity contribution in [2.75, 3.05) is 6.61 Å². The molecule has 4 nitrogen and oxygen atoms in total. The summed E-state index contributed by atoms with van der Waals surface area (Å²) in [5.41, 5.74) is 1.11. The van der Waals surface area contributed by atoms with Gasteiger partial charge in [-0.3, -0.25) is 0 Å². The molecule has 1 saturated heterocycles. The van der Waals surface area contributed by atoms with Crippen molar-refractivity contribution < 1.29 is 19.0 Å². The van der Waals surface area contributed by atoms with Crippen LogP contribution in [0.25, 0.3) is 0 Å². The monoisotopic (exact) mass is 250 g/mol. The van der Waals surface area contributed by atoms with Gasteiger partial charge >= 0.3 is 6.16 Å². The van der Waals surface area contributed by atoms with Gasteiger partial charge in [0.05, 0.1) is 13.2 Å². The van der Waals surface area contributed by atoms with Crippen LogP contribution in [-0.4, -0.2) is 25.0 Å². The van der Waals surface area contributed by atoms with Gasteiger partial charge in [0.25, 0.3) is 0 Å². The summed E-state index contributed by atoms with van der Waals surface area (Å²) in [7, 11) is 0. The van der Waals surface area contributed by atoms with Gasteiger partial charge in [-0.1, -0.05) is 43.7 Å². The van der Waals surface area contributed by atoms with Crippen LogP contribution in [0.3, 0.4) is 0 Å². The van der Waals surface area contributed by atoms with Crippen LogP contribution < -0.4 is 0 Å². The Bertz CT molecular complexity index is 377. The maximum atomic E-state index is 11.1. The van der Waals surface area contributed by atoms with Crippen LogP contribution in [0, 0.1) is 0 Å². The molecule has 1 aliphatic rings. The predicted octanol–water partition coefficient (Wildman–Crippen LogP) is 2.91. The number of cyclic esters (lactones) is 2. The highest BCUT2D eigenvalue weighted by Crippen LogP contribution is 2.20. The first-order valence-corrected chi connectivity index (χ1v) is 6.28. The maximum absolute atomic E-state index is 11.1. The van der Waals surface area contributed by atoms with Crippen molar-refractivity contribution in [2.45, 2.75) is 38.6 Å². The second kappa shape index (κ2) is 6.40. The number of carbonyl (C=O) groups is 1. The van der Waals surface area contributed by atoms with E-state index in [1.54, 1.807) is 0 Å². The van der Waals surface area contributed by atoms with E-state index in [9.17, 15) is 4.79 Å². The summed E-state index contributed by atoms with van der Waals surface area (Å²) in [6.07, 6.45) is 0.739. The zero-order valence-corrected chi connectivity index (χ0v) is 10.5. The standard InChI is InChI=1S/C14H18O4/c1-2-6-12-13(18-14(15)17-12)10-16-9-11-7-4-3-5-8-11/h3-5,7-8,12-13H,2,6,9-10H2,1H3/t12-,13+/m0/s1. The normalized spacial score (nSPS) is 22.6. The fourth-order valence-electron chi connectivity index (χ4n) is 1.96. The lowest BCUT2D eigenvalue weighted by molar-refractivity contribution is 0.0215. The van der Waals surface area contributed by atoms with Gasteiger partial charge in [0.2, 0.25) is 0 Å². The fourth-order valence-corrected chi connectivity index (χ4v) is 1.96. The second-order valence-electron chi connectivity index (χ2n) is 4.35. The summed E-state index contributed by atoms with van der Waals surface area (Å²) in [4.78, 5) is 11.1. The molecule has 2 rings (SSSR count).